The summed E-state index contributed by atoms with van der Waals surface area (Å²) in [4.78, 5) is 14.9. The number of amides is 1. The van der Waals surface area contributed by atoms with Crippen LogP contribution in [0.4, 0.5) is 0 Å². The molecule has 2 aliphatic heterocycles. The van der Waals surface area contributed by atoms with E-state index in [4.69, 9.17) is 0 Å². The number of benzene rings is 1. The van der Waals surface area contributed by atoms with Crippen molar-refractivity contribution >= 4 is 15.9 Å². The summed E-state index contributed by atoms with van der Waals surface area (Å²) in [7, 11) is -3.39. The van der Waals surface area contributed by atoms with E-state index in [-0.39, 0.29) is 5.91 Å². The van der Waals surface area contributed by atoms with Gasteiger partial charge in [0, 0.05) is 32.6 Å². The van der Waals surface area contributed by atoms with Crippen LogP contribution < -0.4 is 5.32 Å². The highest BCUT2D eigenvalue weighted by Crippen LogP contribution is 2.26. The van der Waals surface area contributed by atoms with E-state index in [1.54, 1.807) is 28.6 Å². The maximum Gasteiger partial charge on any atom is 0.243 e. The largest absolute Gasteiger partial charge is 0.355 e. The smallest absolute Gasteiger partial charge is 0.243 e. The van der Waals surface area contributed by atoms with Crippen LogP contribution >= 0.6 is 0 Å². The van der Waals surface area contributed by atoms with Crippen molar-refractivity contribution in [2.75, 3.05) is 39.3 Å². The molecule has 2 fully saturated rings. The number of nitrogens with zero attached hydrogens (tertiary/aromatic N) is 2. The number of hydrogen-bond donors (Lipinski definition) is 1. The highest BCUT2D eigenvalue weighted by atomic mass is 32.2. The molecule has 2 heterocycles. The van der Waals surface area contributed by atoms with Crippen molar-refractivity contribution in [1.29, 1.82) is 0 Å². The van der Waals surface area contributed by atoms with Gasteiger partial charge in [-0.05, 0) is 63.2 Å². The fraction of sp³-hybridized carbons (Fsp3) is 0.667. The molecule has 0 radical (unpaired) electrons. The molecule has 3 rings (SSSR count). The zero-order valence-electron chi connectivity index (χ0n) is 16.7. The molecule has 0 aromatic heterocycles. The molecule has 0 bridgehead atoms. The van der Waals surface area contributed by atoms with Crippen LogP contribution in [0.15, 0.2) is 35.2 Å². The summed E-state index contributed by atoms with van der Waals surface area (Å²) in [6.45, 7) is 5.06. The van der Waals surface area contributed by atoms with Crippen molar-refractivity contribution in [2.45, 2.75) is 49.8 Å². The van der Waals surface area contributed by atoms with Crippen LogP contribution in [0.5, 0.6) is 0 Å². The molecule has 0 spiro atoms. The van der Waals surface area contributed by atoms with Crippen molar-refractivity contribution in [1.82, 2.24) is 14.5 Å². The maximum absolute atomic E-state index is 12.7. The van der Waals surface area contributed by atoms with Crippen molar-refractivity contribution in [3.05, 3.63) is 30.3 Å². The van der Waals surface area contributed by atoms with E-state index < -0.39 is 10.0 Å². The van der Waals surface area contributed by atoms with E-state index >= 15 is 0 Å². The number of hydrogen-bond acceptors (Lipinski definition) is 4. The van der Waals surface area contributed by atoms with E-state index in [9.17, 15) is 13.2 Å². The first-order chi connectivity index (χ1) is 13.6. The van der Waals surface area contributed by atoms with Gasteiger partial charge in [0.2, 0.25) is 15.9 Å². The molecule has 2 aliphatic rings. The van der Waals surface area contributed by atoms with Gasteiger partial charge in [-0.25, -0.2) is 8.42 Å². The zero-order chi connectivity index (χ0) is 19.8. The summed E-state index contributed by atoms with van der Waals surface area (Å²) in [6, 6.07) is 8.63. The fourth-order valence-electron chi connectivity index (χ4n) is 4.14. The molecule has 6 nitrogen and oxygen atoms in total. The Kier molecular flexibility index (Phi) is 7.88. The van der Waals surface area contributed by atoms with Crippen LogP contribution in [0.1, 0.15) is 44.9 Å². The minimum Gasteiger partial charge on any atom is -0.355 e. The highest BCUT2D eigenvalue weighted by Gasteiger charge is 2.29. The summed E-state index contributed by atoms with van der Waals surface area (Å²) in [5.41, 5.74) is 0. The SMILES string of the molecule is O=C(CCC1CCN(S(=O)(=O)c2ccccc2)CC1)NCCN1CCCCC1. The lowest BCUT2D eigenvalue weighted by Crippen LogP contribution is -2.39. The first-order valence-corrected chi connectivity index (χ1v) is 12.0. The third kappa shape index (κ3) is 6.03. The molecule has 0 aliphatic carbocycles. The topological polar surface area (TPSA) is 69.7 Å². The predicted molar refractivity (Wildman–Crippen MR) is 110 cm³/mol. The summed E-state index contributed by atoms with van der Waals surface area (Å²) < 4.78 is 26.9. The van der Waals surface area contributed by atoms with Gasteiger partial charge in [0.05, 0.1) is 4.90 Å². The second-order valence-corrected chi connectivity index (χ2v) is 9.89. The van der Waals surface area contributed by atoms with E-state index in [0.29, 0.717) is 30.3 Å². The van der Waals surface area contributed by atoms with Crippen molar-refractivity contribution in [3.63, 3.8) is 0 Å². The van der Waals surface area contributed by atoms with Crippen LogP contribution in [0.2, 0.25) is 0 Å². The molecule has 2 saturated heterocycles. The standard InChI is InChI=1S/C21H33N3O3S/c25-21(22-13-18-23-14-5-2-6-15-23)10-9-19-11-16-24(17-12-19)28(26,27)20-7-3-1-4-8-20/h1,3-4,7-8,19H,2,5-6,9-18H2,(H,22,25). The lowest BCUT2D eigenvalue weighted by Gasteiger charge is -2.31. The van der Waals surface area contributed by atoms with E-state index in [0.717, 1.165) is 45.4 Å². The molecule has 0 unspecified atom stereocenters. The lowest BCUT2D eigenvalue weighted by molar-refractivity contribution is -0.121. The first kappa shape index (κ1) is 21.3. The average Bonchev–Trinajstić information content (AvgIpc) is 2.74. The highest BCUT2D eigenvalue weighted by molar-refractivity contribution is 7.89. The van der Waals surface area contributed by atoms with Crippen molar-refractivity contribution in [2.24, 2.45) is 5.92 Å². The number of piperidine rings is 2. The Labute approximate surface area is 169 Å². The number of sulfonamides is 1. The number of carbonyl (C=O) groups excluding carboxylic acids is 1. The van der Waals surface area contributed by atoms with Gasteiger partial charge in [-0.1, -0.05) is 24.6 Å². The monoisotopic (exact) mass is 407 g/mol. The molecule has 1 amide bonds. The van der Waals surface area contributed by atoms with E-state index in [1.165, 1.54) is 19.3 Å². The Morgan fingerprint density at radius 1 is 1.00 bits per heavy atom. The Hall–Kier alpha value is -1.44. The number of nitrogens with one attached hydrogen (secondary N) is 1. The van der Waals surface area contributed by atoms with Crippen LogP contribution in [0.3, 0.4) is 0 Å². The van der Waals surface area contributed by atoms with Crippen LogP contribution in [-0.4, -0.2) is 62.8 Å². The van der Waals surface area contributed by atoms with Gasteiger partial charge in [0.25, 0.3) is 0 Å². The normalized spacial score (nSPS) is 20.1. The quantitative estimate of drug-likeness (QED) is 0.719. The molecule has 1 aromatic carbocycles. The van der Waals surface area contributed by atoms with E-state index in [1.807, 2.05) is 6.07 Å². The molecule has 1 N–H and O–H groups in total. The molecule has 156 valence electrons. The summed E-state index contributed by atoms with van der Waals surface area (Å²) in [5, 5.41) is 3.04. The first-order valence-electron chi connectivity index (χ1n) is 10.6. The van der Waals surface area contributed by atoms with Gasteiger partial charge in [-0.15, -0.1) is 0 Å². The molecule has 0 atom stereocenters. The van der Waals surface area contributed by atoms with Gasteiger partial charge in [0.1, 0.15) is 0 Å². The Balaban J connectivity index is 1.33. The molecule has 1 aromatic rings. The van der Waals surface area contributed by atoms with Gasteiger partial charge in [-0.2, -0.15) is 4.31 Å². The Bertz CT molecular complexity index is 710. The number of carbonyl (C=O) groups is 1. The fourth-order valence-corrected chi connectivity index (χ4v) is 5.63. The predicted octanol–water partition coefficient (Wildman–Crippen LogP) is 2.47. The third-order valence-corrected chi connectivity index (χ3v) is 7.85. The second-order valence-electron chi connectivity index (χ2n) is 7.95. The van der Waals surface area contributed by atoms with Crippen molar-refractivity contribution in [3.8, 4) is 0 Å². The maximum atomic E-state index is 12.7. The van der Waals surface area contributed by atoms with Gasteiger partial charge < -0.3 is 10.2 Å². The zero-order valence-corrected chi connectivity index (χ0v) is 17.5. The number of likely N-dealkylation sites (tertiary alicyclic amines) is 1. The summed E-state index contributed by atoms with van der Waals surface area (Å²) in [5.74, 6) is 0.548. The molecular weight excluding hydrogens is 374 g/mol. The van der Waals surface area contributed by atoms with Gasteiger partial charge >= 0.3 is 0 Å². The van der Waals surface area contributed by atoms with E-state index in [2.05, 4.69) is 10.2 Å². The van der Waals surface area contributed by atoms with Gasteiger partial charge in [0.15, 0.2) is 0 Å². The average molecular weight is 408 g/mol. The second kappa shape index (κ2) is 10.4. The van der Waals surface area contributed by atoms with Crippen LogP contribution in [0, 0.1) is 5.92 Å². The molecule has 0 saturated carbocycles. The third-order valence-electron chi connectivity index (χ3n) is 5.93. The Morgan fingerprint density at radius 2 is 1.68 bits per heavy atom. The molecule has 7 heteroatoms. The summed E-state index contributed by atoms with van der Waals surface area (Å²) >= 11 is 0. The van der Waals surface area contributed by atoms with Crippen molar-refractivity contribution < 1.29 is 13.2 Å². The minimum absolute atomic E-state index is 0.122. The molecular formula is C21H33N3O3S. The van der Waals surface area contributed by atoms with Gasteiger partial charge in [-0.3, -0.25) is 4.79 Å². The Morgan fingerprint density at radius 3 is 2.36 bits per heavy atom. The lowest BCUT2D eigenvalue weighted by atomic mass is 9.93. The van der Waals surface area contributed by atoms with Crippen LogP contribution in [0.25, 0.3) is 0 Å². The summed E-state index contributed by atoms with van der Waals surface area (Å²) in [6.07, 6.45) is 6.90. The minimum atomic E-state index is -3.39. The molecule has 28 heavy (non-hydrogen) atoms. The van der Waals surface area contributed by atoms with Crippen LogP contribution in [-0.2, 0) is 14.8 Å². The number of rotatable bonds is 8.